The fraction of sp³-hybridized carbons (Fsp3) is 0.240. The molecule has 0 aliphatic carbocycles. The minimum Gasteiger partial charge on any atom is -1.00 e. The van der Waals surface area contributed by atoms with Crippen molar-refractivity contribution in [2.75, 3.05) is 13.2 Å². The van der Waals surface area contributed by atoms with Crippen molar-refractivity contribution in [1.82, 2.24) is 4.57 Å². The van der Waals surface area contributed by atoms with Crippen LogP contribution in [0.25, 0.3) is 10.8 Å². The van der Waals surface area contributed by atoms with Crippen LogP contribution in [0.4, 0.5) is 0 Å². The van der Waals surface area contributed by atoms with Crippen molar-refractivity contribution in [3.63, 3.8) is 0 Å². The first-order valence-corrected chi connectivity index (χ1v) is 10.3. The maximum atomic E-state index is 5.99. The van der Waals surface area contributed by atoms with Crippen LogP contribution in [0.15, 0.2) is 67.3 Å². The number of aromatic nitrogens is 2. The van der Waals surface area contributed by atoms with Gasteiger partial charge >= 0.3 is 0 Å². The summed E-state index contributed by atoms with van der Waals surface area (Å²) in [5.74, 6) is 2.14. The second kappa shape index (κ2) is 7.80. The zero-order chi connectivity index (χ0) is 19.2. The summed E-state index contributed by atoms with van der Waals surface area (Å²) >= 11 is 0. The van der Waals surface area contributed by atoms with E-state index < -0.39 is 0 Å². The average molecular weight is 463 g/mol. The van der Waals surface area contributed by atoms with Gasteiger partial charge in [0.1, 0.15) is 37.0 Å². The zero-order valence-electron chi connectivity index (χ0n) is 16.7. The van der Waals surface area contributed by atoms with Gasteiger partial charge in [0.05, 0.1) is 13.2 Å². The Labute approximate surface area is 186 Å². The number of fused-ring (bicyclic) bond motifs is 3. The second-order valence-corrected chi connectivity index (χ2v) is 7.96. The third-order valence-corrected chi connectivity index (χ3v) is 6.03. The molecule has 6 rings (SSSR count). The van der Waals surface area contributed by atoms with E-state index in [1.54, 1.807) is 0 Å². The molecule has 0 atom stereocenters. The molecule has 2 aliphatic rings. The van der Waals surface area contributed by atoms with Gasteiger partial charge in [0.25, 0.3) is 0 Å². The molecule has 4 aromatic rings. The normalized spacial score (nSPS) is 14.0. The summed E-state index contributed by atoms with van der Waals surface area (Å²) in [5.41, 5.74) is 5.21. The van der Waals surface area contributed by atoms with Crippen LogP contribution in [-0.4, -0.2) is 17.8 Å². The molecule has 3 heterocycles. The number of nitrogens with zero attached hydrogens (tertiary/aromatic N) is 2. The first-order valence-electron chi connectivity index (χ1n) is 10.3. The molecule has 152 valence electrons. The van der Waals surface area contributed by atoms with Crippen LogP contribution >= 0.6 is 0 Å². The molecule has 0 saturated heterocycles. The van der Waals surface area contributed by atoms with E-state index in [0.717, 1.165) is 50.6 Å². The molecule has 0 amide bonds. The zero-order valence-corrected chi connectivity index (χ0v) is 18.3. The second-order valence-electron chi connectivity index (χ2n) is 7.96. The van der Waals surface area contributed by atoms with E-state index >= 15 is 0 Å². The van der Waals surface area contributed by atoms with E-state index in [1.165, 1.54) is 33.0 Å². The van der Waals surface area contributed by atoms with Gasteiger partial charge in [0, 0.05) is 29.5 Å². The van der Waals surface area contributed by atoms with Gasteiger partial charge in [-0.05, 0) is 28.5 Å². The highest BCUT2D eigenvalue weighted by Crippen LogP contribution is 2.40. The molecule has 5 heteroatoms. The van der Waals surface area contributed by atoms with Gasteiger partial charge in [0.15, 0.2) is 0 Å². The van der Waals surface area contributed by atoms with Crippen LogP contribution < -0.4 is 31.0 Å². The van der Waals surface area contributed by atoms with Crippen LogP contribution in [0, 0.1) is 0 Å². The predicted octanol–water partition coefficient (Wildman–Crippen LogP) is 0.899. The number of hydrogen-bond donors (Lipinski definition) is 0. The van der Waals surface area contributed by atoms with Crippen LogP contribution in [0.2, 0.25) is 0 Å². The maximum Gasteiger partial charge on any atom is 0.244 e. The van der Waals surface area contributed by atoms with Gasteiger partial charge in [-0.3, -0.25) is 0 Å². The van der Waals surface area contributed by atoms with Gasteiger partial charge in [-0.1, -0.05) is 36.4 Å². The monoisotopic (exact) mass is 462 g/mol. The molecule has 30 heavy (non-hydrogen) atoms. The average Bonchev–Trinajstić information content (AvgIpc) is 3.48. The smallest absolute Gasteiger partial charge is 0.244 e. The lowest BCUT2D eigenvalue weighted by molar-refractivity contribution is -0.687. The van der Waals surface area contributed by atoms with Crippen molar-refractivity contribution in [1.29, 1.82) is 0 Å². The Balaban J connectivity index is 0.00000193. The molecule has 2 aliphatic heterocycles. The number of benzene rings is 3. The van der Waals surface area contributed by atoms with Gasteiger partial charge in [-0.15, -0.1) is 0 Å². The van der Waals surface area contributed by atoms with Crippen LogP contribution in [0.3, 0.4) is 0 Å². The Kier molecular flexibility index (Phi) is 4.99. The minimum atomic E-state index is 0. The van der Waals surface area contributed by atoms with E-state index in [0.29, 0.717) is 0 Å². The summed E-state index contributed by atoms with van der Waals surface area (Å²) in [6.07, 6.45) is 8.44. The van der Waals surface area contributed by atoms with Crippen LogP contribution in [0.5, 0.6) is 11.5 Å². The molecule has 4 nitrogen and oxygen atoms in total. The van der Waals surface area contributed by atoms with Crippen molar-refractivity contribution in [2.24, 2.45) is 0 Å². The Hall–Kier alpha value is -2.79. The molecular formula is C25H23BrN2O2. The highest BCUT2D eigenvalue weighted by molar-refractivity contribution is 5.82. The van der Waals surface area contributed by atoms with Crippen molar-refractivity contribution < 1.29 is 31.0 Å². The summed E-state index contributed by atoms with van der Waals surface area (Å²) < 4.78 is 16.3. The topological polar surface area (TPSA) is 27.3 Å². The van der Waals surface area contributed by atoms with Crippen molar-refractivity contribution in [3.05, 3.63) is 89.5 Å². The van der Waals surface area contributed by atoms with Gasteiger partial charge in [-0.25, -0.2) is 9.13 Å². The molecule has 0 N–H and O–H groups in total. The fourth-order valence-corrected chi connectivity index (χ4v) is 4.61. The van der Waals surface area contributed by atoms with Crippen LogP contribution in [-0.2, 0) is 25.9 Å². The van der Waals surface area contributed by atoms with Crippen LogP contribution in [0.1, 0.15) is 22.3 Å². The quantitative estimate of drug-likeness (QED) is 0.421. The lowest BCUT2D eigenvalue weighted by Gasteiger charge is -2.11. The summed E-state index contributed by atoms with van der Waals surface area (Å²) in [5, 5.41) is 2.57. The largest absolute Gasteiger partial charge is 1.00 e. The Bertz CT molecular complexity index is 1200. The summed E-state index contributed by atoms with van der Waals surface area (Å²) in [6, 6.07) is 17.4. The molecular weight excluding hydrogens is 440 g/mol. The number of ether oxygens (including phenoxy) is 2. The number of rotatable bonds is 4. The molecule has 0 saturated carbocycles. The SMILES string of the molecule is [Br-].c1ccc2cc(C[n+]3ccn(Cc4c5c(cc6c4OCC6)OCC5)c3)ccc2c1. The third-order valence-electron chi connectivity index (χ3n) is 6.03. The third kappa shape index (κ3) is 3.37. The molecule has 0 fully saturated rings. The predicted molar refractivity (Wildman–Crippen MR) is 112 cm³/mol. The number of hydrogen-bond acceptors (Lipinski definition) is 2. The summed E-state index contributed by atoms with van der Waals surface area (Å²) in [4.78, 5) is 0. The molecule has 3 aromatic carbocycles. The fourth-order valence-electron chi connectivity index (χ4n) is 4.61. The Morgan fingerprint density at radius 3 is 2.73 bits per heavy atom. The molecule has 0 radical (unpaired) electrons. The highest BCUT2D eigenvalue weighted by Gasteiger charge is 2.27. The highest BCUT2D eigenvalue weighted by atomic mass is 79.9. The standard InChI is InChI=1S/C25H23N2O2.BrH/c1-2-4-20-13-18(5-6-19(20)3-1)15-26-9-10-27(17-26)16-23-22-8-12-28-24(22)14-21-7-11-29-25(21)23;/h1-6,9-10,13-14,17H,7-8,11-12,15-16H2;1H/q+1;/p-1. The molecule has 0 unspecified atom stereocenters. The van der Waals surface area contributed by atoms with E-state index in [1.807, 2.05) is 0 Å². The summed E-state index contributed by atoms with van der Waals surface area (Å²) in [7, 11) is 0. The van der Waals surface area contributed by atoms with Gasteiger partial charge < -0.3 is 26.5 Å². The number of imidazole rings is 1. The lowest BCUT2D eigenvalue weighted by Crippen LogP contribution is -3.00. The first-order chi connectivity index (χ1) is 14.3. The van der Waals surface area contributed by atoms with Gasteiger partial charge in [-0.2, -0.15) is 0 Å². The minimum absolute atomic E-state index is 0. The van der Waals surface area contributed by atoms with E-state index in [4.69, 9.17) is 9.47 Å². The number of halogens is 1. The van der Waals surface area contributed by atoms with Gasteiger partial charge in [0.2, 0.25) is 6.33 Å². The lowest BCUT2D eigenvalue weighted by atomic mass is 9.99. The molecule has 0 bridgehead atoms. The van der Waals surface area contributed by atoms with E-state index in [9.17, 15) is 0 Å². The van der Waals surface area contributed by atoms with E-state index in [-0.39, 0.29) is 17.0 Å². The van der Waals surface area contributed by atoms with Crippen molar-refractivity contribution >= 4 is 10.8 Å². The Morgan fingerprint density at radius 2 is 1.80 bits per heavy atom. The molecule has 1 aromatic heterocycles. The van der Waals surface area contributed by atoms with Crippen molar-refractivity contribution in [2.45, 2.75) is 25.9 Å². The Morgan fingerprint density at radius 1 is 0.933 bits per heavy atom. The maximum absolute atomic E-state index is 5.99. The van der Waals surface area contributed by atoms with Crippen molar-refractivity contribution in [3.8, 4) is 11.5 Å². The molecule has 0 spiro atoms. The summed E-state index contributed by atoms with van der Waals surface area (Å²) in [6.45, 7) is 3.24. The first kappa shape index (κ1) is 19.2. The van der Waals surface area contributed by atoms with E-state index in [2.05, 4.69) is 76.4 Å².